The third kappa shape index (κ3) is 2.46. The lowest BCUT2D eigenvalue weighted by Gasteiger charge is -2.23. The molecule has 110 valence electrons. The van der Waals surface area contributed by atoms with Gasteiger partial charge in [0.1, 0.15) is 0 Å². The van der Waals surface area contributed by atoms with E-state index < -0.39 is 18.5 Å². The van der Waals surface area contributed by atoms with Gasteiger partial charge in [-0.3, -0.25) is 0 Å². The fraction of sp³-hybridized carbons (Fsp3) is 0.692. The standard InChI is InChI=1S/C13H16F3N3O/c14-13(15,16)11-9(6-20)5-17-12(19-11)18-10-4-7-1-2-8(10)3-7/h5,7-8,10,20H,1-4,6H2,(H,17,18,19)/t7-,8-,10-/m1/s1. The van der Waals surface area contributed by atoms with Crippen molar-refractivity contribution in [3.63, 3.8) is 0 Å². The smallest absolute Gasteiger partial charge is 0.392 e. The van der Waals surface area contributed by atoms with E-state index in [9.17, 15) is 13.2 Å². The van der Waals surface area contributed by atoms with Gasteiger partial charge in [-0.15, -0.1) is 0 Å². The van der Waals surface area contributed by atoms with Gasteiger partial charge in [-0.1, -0.05) is 6.42 Å². The molecule has 3 rings (SSSR count). The molecule has 1 heterocycles. The van der Waals surface area contributed by atoms with Gasteiger partial charge in [0.05, 0.1) is 6.61 Å². The highest BCUT2D eigenvalue weighted by molar-refractivity contribution is 5.32. The lowest BCUT2D eigenvalue weighted by molar-refractivity contribution is -0.142. The first-order valence-electron chi connectivity index (χ1n) is 6.78. The molecular formula is C13H16F3N3O. The molecule has 4 nitrogen and oxygen atoms in total. The number of hydrogen-bond acceptors (Lipinski definition) is 4. The molecule has 0 saturated heterocycles. The molecule has 2 N–H and O–H groups in total. The highest BCUT2D eigenvalue weighted by Gasteiger charge is 2.40. The average Bonchev–Trinajstić information content (AvgIpc) is 3.00. The third-order valence-electron chi connectivity index (χ3n) is 4.36. The van der Waals surface area contributed by atoms with E-state index in [1.165, 1.54) is 6.42 Å². The Kier molecular flexibility index (Phi) is 3.32. The van der Waals surface area contributed by atoms with Crippen LogP contribution >= 0.6 is 0 Å². The van der Waals surface area contributed by atoms with Crippen LogP contribution < -0.4 is 5.32 Å². The molecule has 2 bridgehead atoms. The molecular weight excluding hydrogens is 271 g/mol. The van der Waals surface area contributed by atoms with Gasteiger partial charge in [0.2, 0.25) is 5.95 Å². The van der Waals surface area contributed by atoms with Crippen LogP contribution in [-0.2, 0) is 12.8 Å². The zero-order valence-electron chi connectivity index (χ0n) is 10.8. The van der Waals surface area contributed by atoms with Crippen LogP contribution in [0.25, 0.3) is 0 Å². The maximum Gasteiger partial charge on any atom is 0.433 e. The van der Waals surface area contributed by atoms with Crippen molar-refractivity contribution in [2.75, 3.05) is 5.32 Å². The summed E-state index contributed by atoms with van der Waals surface area (Å²) in [7, 11) is 0. The fourth-order valence-corrected chi connectivity index (χ4v) is 3.42. The summed E-state index contributed by atoms with van der Waals surface area (Å²) < 4.78 is 38.5. The van der Waals surface area contributed by atoms with Gasteiger partial charge in [-0.2, -0.15) is 13.2 Å². The molecule has 20 heavy (non-hydrogen) atoms. The molecule has 0 aromatic carbocycles. The molecule has 2 saturated carbocycles. The third-order valence-corrected chi connectivity index (χ3v) is 4.36. The van der Waals surface area contributed by atoms with E-state index in [4.69, 9.17) is 5.11 Å². The van der Waals surface area contributed by atoms with Crippen molar-refractivity contribution in [3.8, 4) is 0 Å². The molecule has 1 aromatic heterocycles. The van der Waals surface area contributed by atoms with Gasteiger partial charge < -0.3 is 10.4 Å². The average molecular weight is 287 g/mol. The first kappa shape index (κ1) is 13.6. The summed E-state index contributed by atoms with van der Waals surface area (Å²) in [5.41, 5.74) is -1.35. The molecule has 0 spiro atoms. The van der Waals surface area contributed by atoms with Crippen LogP contribution in [-0.4, -0.2) is 21.1 Å². The van der Waals surface area contributed by atoms with Crippen LogP contribution in [0.4, 0.5) is 19.1 Å². The van der Waals surface area contributed by atoms with Crippen LogP contribution in [0.1, 0.15) is 36.9 Å². The number of hydrogen-bond donors (Lipinski definition) is 2. The highest BCUT2D eigenvalue weighted by Crippen LogP contribution is 2.45. The Morgan fingerprint density at radius 1 is 1.30 bits per heavy atom. The van der Waals surface area contributed by atoms with Gasteiger partial charge in [-0.05, 0) is 31.1 Å². The summed E-state index contributed by atoms with van der Waals surface area (Å²) in [6.45, 7) is -0.719. The first-order valence-corrected chi connectivity index (χ1v) is 6.78. The monoisotopic (exact) mass is 287 g/mol. The predicted octanol–water partition coefficient (Wildman–Crippen LogP) is 2.59. The quantitative estimate of drug-likeness (QED) is 0.897. The molecule has 0 radical (unpaired) electrons. The van der Waals surface area contributed by atoms with Crippen LogP contribution in [0.2, 0.25) is 0 Å². The maximum atomic E-state index is 12.8. The van der Waals surface area contributed by atoms with Crippen LogP contribution in [0.15, 0.2) is 6.20 Å². The Morgan fingerprint density at radius 3 is 2.65 bits per heavy atom. The van der Waals surface area contributed by atoms with Crippen molar-refractivity contribution in [1.82, 2.24) is 9.97 Å². The van der Waals surface area contributed by atoms with Crippen molar-refractivity contribution in [3.05, 3.63) is 17.5 Å². The first-order chi connectivity index (χ1) is 9.47. The van der Waals surface area contributed by atoms with Crippen molar-refractivity contribution in [2.24, 2.45) is 11.8 Å². The van der Waals surface area contributed by atoms with E-state index in [1.807, 2.05) is 0 Å². The Labute approximate surface area is 114 Å². The number of fused-ring (bicyclic) bond motifs is 2. The molecule has 0 unspecified atom stereocenters. The van der Waals surface area contributed by atoms with Crippen LogP contribution in [0.5, 0.6) is 0 Å². The normalized spacial score (nSPS) is 28.9. The summed E-state index contributed by atoms with van der Waals surface area (Å²) in [5.74, 6) is 1.22. The van der Waals surface area contributed by atoms with E-state index in [0.717, 1.165) is 25.5 Å². The molecule has 2 fully saturated rings. The second kappa shape index (κ2) is 4.87. The van der Waals surface area contributed by atoms with Gasteiger partial charge in [0.15, 0.2) is 5.69 Å². The van der Waals surface area contributed by atoms with Crippen LogP contribution in [0.3, 0.4) is 0 Å². The summed E-state index contributed by atoms with van der Waals surface area (Å²) in [5, 5.41) is 12.0. The summed E-state index contributed by atoms with van der Waals surface area (Å²) in [4.78, 5) is 7.44. The molecule has 1 aromatic rings. The second-order valence-electron chi connectivity index (χ2n) is 5.65. The summed E-state index contributed by atoms with van der Waals surface area (Å²) in [6, 6.07) is 0.176. The lowest BCUT2D eigenvalue weighted by atomic mass is 9.95. The van der Waals surface area contributed by atoms with E-state index in [-0.39, 0.29) is 17.6 Å². The van der Waals surface area contributed by atoms with Gasteiger partial charge >= 0.3 is 6.18 Å². The highest BCUT2D eigenvalue weighted by atomic mass is 19.4. The van der Waals surface area contributed by atoms with E-state index >= 15 is 0 Å². The van der Waals surface area contributed by atoms with Gasteiger partial charge in [0.25, 0.3) is 0 Å². The summed E-state index contributed by atoms with van der Waals surface area (Å²) in [6.07, 6.45) is 0.956. The largest absolute Gasteiger partial charge is 0.433 e. The molecule has 2 aliphatic carbocycles. The second-order valence-corrected chi connectivity index (χ2v) is 5.65. The zero-order chi connectivity index (χ0) is 14.3. The minimum atomic E-state index is -4.58. The van der Waals surface area contributed by atoms with Crippen molar-refractivity contribution >= 4 is 5.95 Å². The number of aliphatic hydroxyl groups is 1. The van der Waals surface area contributed by atoms with Gasteiger partial charge in [-0.25, -0.2) is 9.97 Å². The number of nitrogens with one attached hydrogen (secondary N) is 1. The molecule has 7 heteroatoms. The topological polar surface area (TPSA) is 58.0 Å². The predicted molar refractivity (Wildman–Crippen MR) is 65.8 cm³/mol. The number of alkyl halides is 3. The number of aromatic nitrogens is 2. The fourth-order valence-electron chi connectivity index (χ4n) is 3.42. The van der Waals surface area contributed by atoms with Gasteiger partial charge in [0, 0.05) is 17.8 Å². The van der Waals surface area contributed by atoms with E-state index in [1.54, 1.807) is 0 Å². The molecule has 0 amide bonds. The summed E-state index contributed by atoms with van der Waals surface area (Å²) >= 11 is 0. The maximum absolute atomic E-state index is 12.8. The number of nitrogens with zero attached hydrogens (tertiary/aromatic N) is 2. The molecule has 0 aliphatic heterocycles. The number of anilines is 1. The van der Waals surface area contributed by atoms with Crippen molar-refractivity contribution in [1.29, 1.82) is 0 Å². The van der Waals surface area contributed by atoms with Crippen molar-refractivity contribution in [2.45, 2.75) is 44.5 Å². The molecule has 2 aliphatic rings. The Morgan fingerprint density at radius 2 is 2.10 bits per heavy atom. The Hall–Kier alpha value is -1.37. The van der Waals surface area contributed by atoms with Crippen molar-refractivity contribution < 1.29 is 18.3 Å². The SMILES string of the molecule is OCc1cnc(N[C@@H]2C[C@@H]3CC[C@@H]2C3)nc1C(F)(F)F. The van der Waals surface area contributed by atoms with Crippen LogP contribution in [0, 0.1) is 11.8 Å². The number of aliphatic hydroxyl groups excluding tert-OH is 1. The van der Waals surface area contributed by atoms with E-state index in [0.29, 0.717) is 11.8 Å². The van der Waals surface area contributed by atoms with E-state index in [2.05, 4.69) is 15.3 Å². The number of halogens is 3. The Balaban J connectivity index is 1.80. The number of rotatable bonds is 3. The minimum Gasteiger partial charge on any atom is -0.392 e. The molecule has 3 atom stereocenters. The Bertz CT molecular complexity index is 506. The lowest BCUT2D eigenvalue weighted by Crippen LogP contribution is -2.27. The minimum absolute atomic E-state index is 0.00655. The zero-order valence-corrected chi connectivity index (χ0v) is 10.8.